The number of rotatable bonds is 10. The van der Waals surface area contributed by atoms with Crippen LogP contribution in [0.1, 0.15) is 38.3 Å². The molecule has 0 saturated heterocycles. The SMILES string of the molecule is COc1cccc(CCc2nc(N3CCc4ccccc4C3)ncc2C(=O)N(CC(=O)O)Cc2cccc(Br)c2)c1. The zero-order valence-corrected chi connectivity index (χ0v) is 24.4. The van der Waals surface area contributed by atoms with Gasteiger partial charge in [0.1, 0.15) is 12.3 Å². The minimum absolute atomic E-state index is 0.143. The molecule has 0 bridgehead atoms. The molecule has 210 valence electrons. The van der Waals surface area contributed by atoms with Gasteiger partial charge in [0.05, 0.1) is 18.4 Å². The molecule has 0 aliphatic carbocycles. The number of nitrogens with zero attached hydrogens (tertiary/aromatic N) is 4. The molecule has 8 nitrogen and oxygen atoms in total. The number of carbonyl (C=O) groups is 2. The van der Waals surface area contributed by atoms with Crippen LogP contribution in [0, 0.1) is 0 Å². The van der Waals surface area contributed by atoms with Gasteiger partial charge < -0.3 is 19.6 Å². The lowest BCUT2D eigenvalue weighted by atomic mass is 10.0. The van der Waals surface area contributed by atoms with Gasteiger partial charge in [0.25, 0.3) is 5.91 Å². The summed E-state index contributed by atoms with van der Waals surface area (Å²) in [5.41, 5.74) is 5.33. The van der Waals surface area contributed by atoms with Gasteiger partial charge in [-0.2, -0.15) is 0 Å². The van der Waals surface area contributed by atoms with Crippen LogP contribution >= 0.6 is 15.9 Å². The van der Waals surface area contributed by atoms with Crippen molar-refractivity contribution in [2.75, 3.05) is 25.1 Å². The van der Waals surface area contributed by atoms with Gasteiger partial charge in [-0.25, -0.2) is 9.97 Å². The third-order valence-electron chi connectivity index (χ3n) is 7.16. The average molecular weight is 616 g/mol. The van der Waals surface area contributed by atoms with E-state index in [1.165, 1.54) is 16.0 Å². The van der Waals surface area contributed by atoms with E-state index in [0.29, 0.717) is 36.6 Å². The number of hydrogen-bond donors (Lipinski definition) is 1. The van der Waals surface area contributed by atoms with Crippen LogP contribution in [0.15, 0.2) is 83.5 Å². The predicted molar refractivity (Wildman–Crippen MR) is 160 cm³/mol. The molecule has 5 rings (SSSR count). The van der Waals surface area contributed by atoms with Gasteiger partial charge in [-0.3, -0.25) is 9.59 Å². The Morgan fingerprint density at radius 1 is 1.00 bits per heavy atom. The second kappa shape index (κ2) is 13.0. The van der Waals surface area contributed by atoms with E-state index in [2.05, 4.69) is 44.0 Å². The maximum absolute atomic E-state index is 13.9. The molecule has 2 heterocycles. The number of aliphatic carboxylic acids is 1. The number of aromatic nitrogens is 2. The van der Waals surface area contributed by atoms with E-state index in [9.17, 15) is 14.7 Å². The summed E-state index contributed by atoms with van der Waals surface area (Å²) in [5, 5.41) is 9.62. The Labute approximate surface area is 247 Å². The molecule has 0 fully saturated rings. The highest BCUT2D eigenvalue weighted by atomic mass is 79.9. The molecule has 1 aromatic heterocycles. The third-order valence-corrected chi connectivity index (χ3v) is 7.65. The number of anilines is 1. The van der Waals surface area contributed by atoms with Gasteiger partial charge >= 0.3 is 5.97 Å². The third kappa shape index (κ3) is 7.10. The highest BCUT2D eigenvalue weighted by Gasteiger charge is 2.25. The molecule has 1 N–H and O–H groups in total. The first kappa shape index (κ1) is 28.3. The number of hydrogen-bond acceptors (Lipinski definition) is 6. The first-order chi connectivity index (χ1) is 19.9. The van der Waals surface area contributed by atoms with E-state index in [1.54, 1.807) is 13.3 Å². The molecule has 41 heavy (non-hydrogen) atoms. The van der Waals surface area contributed by atoms with Crippen molar-refractivity contribution in [1.29, 1.82) is 0 Å². The fraction of sp³-hybridized carbons (Fsp3) is 0.250. The lowest BCUT2D eigenvalue weighted by molar-refractivity contribution is -0.137. The molecular formula is C32H31BrN4O4. The monoisotopic (exact) mass is 614 g/mol. The van der Waals surface area contributed by atoms with Crippen LogP contribution < -0.4 is 9.64 Å². The molecule has 0 saturated carbocycles. The lowest BCUT2D eigenvalue weighted by Crippen LogP contribution is -2.36. The number of aryl methyl sites for hydroxylation is 2. The Morgan fingerprint density at radius 3 is 2.56 bits per heavy atom. The minimum atomic E-state index is -1.09. The average Bonchev–Trinajstić information content (AvgIpc) is 2.99. The molecule has 3 aromatic carbocycles. The van der Waals surface area contributed by atoms with E-state index in [1.807, 2.05) is 54.6 Å². The summed E-state index contributed by atoms with van der Waals surface area (Å²) in [7, 11) is 1.63. The molecule has 1 aliphatic rings. The van der Waals surface area contributed by atoms with Crippen molar-refractivity contribution >= 4 is 33.8 Å². The largest absolute Gasteiger partial charge is 0.497 e. The van der Waals surface area contributed by atoms with Crippen molar-refractivity contribution < 1.29 is 19.4 Å². The summed E-state index contributed by atoms with van der Waals surface area (Å²) in [6, 6.07) is 23.6. The molecule has 9 heteroatoms. The molecule has 0 unspecified atom stereocenters. The van der Waals surface area contributed by atoms with Crippen LogP contribution in [-0.2, 0) is 37.1 Å². The number of ether oxygens (including phenoxy) is 1. The van der Waals surface area contributed by atoms with Gasteiger partial charge in [0, 0.05) is 30.3 Å². The minimum Gasteiger partial charge on any atom is -0.497 e. The van der Waals surface area contributed by atoms with E-state index in [4.69, 9.17) is 9.72 Å². The highest BCUT2D eigenvalue weighted by Crippen LogP contribution is 2.24. The van der Waals surface area contributed by atoms with Crippen LogP contribution in [0.25, 0.3) is 0 Å². The molecule has 0 radical (unpaired) electrons. The Bertz CT molecular complexity index is 1560. The van der Waals surface area contributed by atoms with Gasteiger partial charge in [-0.05, 0) is 65.8 Å². The molecule has 0 atom stereocenters. The van der Waals surface area contributed by atoms with E-state index < -0.39 is 18.4 Å². The summed E-state index contributed by atoms with van der Waals surface area (Å²) in [5.74, 6) is -0.177. The zero-order valence-electron chi connectivity index (χ0n) is 22.8. The molecule has 4 aromatic rings. The number of methoxy groups -OCH3 is 1. The summed E-state index contributed by atoms with van der Waals surface area (Å²) < 4.78 is 6.23. The van der Waals surface area contributed by atoms with Crippen molar-refractivity contribution in [1.82, 2.24) is 14.9 Å². The zero-order chi connectivity index (χ0) is 28.8. The van der Waals surface area contributed by atoms with Crippen molar-refractivity contribution in [2.45, 2.75) is 32.4 Å². The highest BCUT2D eigenvalue weighted by molar-refractivity contribution is 9.10. The number of benzene rings is 3. The van der Waals surface area contributed by atoms with Crippen molar-refractivity contribution in [3.05, 3.63) is 117 Å². The smallest absolute Gasteiger partial charge is 0.323 e. The summed E-state index contributed by atoms with van der Waals surface area (Å²) in [4.78, 5) is 38.6. The number of amides is 1. The summed E-state index contributed by atoms with van der Waals surface area (Å²) >= 11 is 3.45. The Kier molecular flexibility index (Phi) is 8.94. The number of fused-ring (bicyclic) bond motifs is 1. The van der Waals surface area contributed by atoms with Gasteiger partial charge in [-0.15, -0.1) is 0 Å². The van der Waals surface area contributed by atoms with E-state index in [0.717, 1.165) is 34.3 Å². The number of carboxylic acids is 1. The van der Waals surface area contributed by atoms with Crippen molar-refractivity contribution in [2.24, 2.45) is 0 Å². The number of carboxylic acid groups (broad SMARTS) is 1. The maximum atomic E-state index is 13.9. The maximum Gasteiger partial charge on any atom is 0.323 e. The quantitative estimate of drug-likeness (QED) is 0.258. The van der Waals surface area contributed by atoms with Crippen LogP contribution in [0.5, 0.6) is 5.75 Å². The van der Waals surface area contributed by atoms with Gasteiger partial charge in [0.15, 0.2) is 0 Å². The van der Waals surface area contributed by atoms with Crippen LogP contribution in [0.2, 0.25) is 0 Å². The first-order valence-electron chi connectivity index (χ1n) is 13.5. The van der Waals surface area contributed by atoms with Gasteiger partial charge in [0.2, 0.25) is 5.95 Å². The first-order valence-corrected chi connectivity index (χ1v) is 14.2. The van der Waals surface area contributed by atoms with E-state index in [-0.39, 0.29) is 6.54 Å². The summed E-state index contributed by atoms with van der Waals surface area (Å²) in [6.07, 6.45) is 3.55. The fourth-order valence-electron chi connectivity index (χ4n) is 5.07. The van der Waals surface area contributed by atoms with Crippen LogP contribution in [0.4, 0.5) is 5.95 Å². The second-order valence-corrected chi connectivity index (χ2v) is 10.9. The van der Waals surface area contributed by atoms with Crippen LogP contribution in [-0.4, -0.2) is 52.1 Å². The molecule has 1 aliphatic heterocycles. The standard InChI is InChI=1S/C32H31BrN4O4/c1-41-27-11-5-6-22(17-27)12-13-29-28(31(40)37(21-30(38)39)19-23-7-4-10-26(33)16-23)18-34-32(35-29)36-15-14-24-8-2-3-9-25(24)20-36/h2-11,16-18H,12-15,19-21H2,1H3,(H,38,39). The Hall–Kier alpha value is -4.24. The fourth-order valence-corrected chi connectivity index (χ4v) is 5.52. The van der Waals surface area contributed by atoms with E-state index >= 15 is 0 Å². The van der Waals surface area contributed by atoms with Gasteiger partial charge in [-0.1, -0.05) is 64.5 Å². The van der Waals surface area contributed by atoms with Crippen molar-refractivity contribution in [3.63, 3.8) is 0 Å². The second-order valence-electron chi connectivity index (χ2n) is 10.0. The summed E-state index contributed by atoms with van der Waals surface area (Å²) in [6.45, 7) is 1.16. The number of carbonyl (C=O) groups excluding carboxylic acids is 1. The Balaban J connectivity index is 1.47. The molecule has 0 spiro atoms. The topological polar surface area (TPSA) is 95.9 Å². The normalized spacial score (nSPS) is 12.5. The van der Waals surface area contributed by atoms with Crippen LogP contribution in [0.3, 0.4) is 0 Å². The molecular weight excluding hydrogens is 584 g/mol. The predicted octanol–water partition coefficient (Wildman–Crippen LogP) is 5.32. The Morgan fingerprint density at radius 2 is 1.78 bits per heavy atom. The van der Waals surface area contributed by atoms with Crippen molar-refractivity contribution in [3.8, 4) is 5.75 Å². The molecule has 1 amide bonds. The number of halogens is 1. The lowest BCUT2D eigenvalue weighted by Gasteiger charge is -2.29.